The number of para-hydroxylation sites is 1. The third kappa shape index (κ3) is 2.86. The van der Waals surface area contributed by atoms with Gasteiger partial charge in [-0.1, -0.05) is 49.4 Å². The minimum atomic E-state index is -0.211. The lowest BCUT2D eigenvalue weighted by molar-refractivity contribution is 0.0968. The third-order valence-corrected chi connectivity index (χ3v) is 6.57. The highest BCUT2D eigenvalue weighted by Gasteiger charge is 2.35. The molecule has 1 heterocycles. The van der Waals surface area contributed by atoms with Crippen LogP contribution in [0.3, 0.4) is 0 Å². The lowest BCUT2D eigenvalue weighted by atomic mass is 9.82. The first-order valence-electron chi connectivity index (χ1n) is 10.6. The predicted molar refractivity (Wildman–Crippen MR) is 120 cm³/mol. The fraction of sp³-hybridized carbons (Fsp3) is 0.222. The van der Waals surface area contributed by atoms with Gasteiger partial charge in [0.1, 0.15) is 0 Å². The zero-order valence-electron chi connectivity index (χ0n) is 17.8. The van der Waals surface area contributed by atoms with E-state index in [2.05, 4.69) is 19.9 Å². The zero-order chi connectivity index (χ0) is 21.9. The second-order valence-electron chi connectivity index (χ2n) is 8.64. The molecular weight excluding hydrogens is 386 g/mol. The second-order valence-corrected chi connectivity index (χ2v) is 8.64. The lowest BCUT2D eigenvalue weighted by Crippen LogP contribution is -2.43. The van der Waals surface area contributed by atoms with E-state index in [-0.39, 0.29) is 23.5 Å². The molecule has 3 aromatic carbocycles. The Kier molecular flexibility index (Phi) is 4.40. The van der Waals surface area contributed by atoms with Crippen LogP contribution in [-0.4, -0.2) is 23.5 Å². The summed E-state index contributed by atoms with van der Waals surface area (Å²) in [6.45, 7) is 6.28. The van der Waals surface area contributed by atoms with Gasteiger partial charge in [-0.15, -0.1) is 0 Å². The number of carbonyl (C=O) groups excluding carboxylic acids is 3. The number of hydrogen-bond acceptors (Lipinski definition) is 3. The van der Waals surface area contributed by atoms with Gasteiger partial charge < -0.3 is 4.90 Å². The quantitative estimate of drug-likeness (QED) is 0.428. The number of carbonyl (C=O) groups is 3. The Labute approximate surface area is 181 Å². The molecule has 2 unspecified atom stereocenters. The number of hydrogen-bond donors (Lipinski definition) is 0. The van der Waals surface area contributed by atoms with E-state index in [0.717, 1.165) is 17.7 Å². The molecule has 0 radical (unpaired) electrons. The van der Waals surface area contributed by atoms with E-state index in [0.29, 0.717) is 33.7 Å². The van der Waals surface area contributed by atoms with Gasteiger partial charge in [-0.2, -0.15) is 0 Å². The maximum atomic E-state index is 13.7. The Morgan fingerprint density at radius 2 is 1.48 bits per heavy atom. The Balaban J connectivity index is 1.60. The van der Waals surface area contributed by atoms with Crippen molar-refractivity contribution >= 4 is 23.2 Å². The maximum absolute atomic E-state index is 13.7. The summed E-state index contributed by atoms with van der Waals surface area (Å²) < 4.78 is 0. The molecule has 4 nitrogen and oxygen atoms in total. The van der Waals surface area contributed by atoms with E-state index in [9.17, 15) is 14.4 Å². The highest BCUT2D eigenvalue weighted by Crippen LogP contribution is 2.41. The van der Waals surface area contributed by atoms with Crippen molar-refractivity contribution in [2.45, 2.75) is 39.2 Å². The highest BCUT2D eigenvalue weighted by molar-refractivity contribution is 6.29. The molecule has 5 rings (SSSR count). The molecule has 1 aliphatic carbocycles. The van der Waals surface area contributed by atoms with Crippen molar-refractivity contribution in [1.82, 2.24) is 0 Å². The molecule has 0 saturated carbocycles. The summed E-state index contributed by atoms with van der Waals surface area (Å²) in [6, 6.07) is 17.9. The molecule has 154 valence electrons. The number of ketones is 2. The summed E-state index contributed by atoms with van der Waals surface area (Å²) in [5.41, 5.74) is 5.09. The topological polar surface area (TPSA) is 54.5 Å². The van der Waals surface area contributed by atoms with Crippen LogP contribution in [0.4, 0.5) is 5.69 Å². The Morgan fingerprint density at radius 3 is 2.19 bits per heavy atom. The van der Waals surface area contributed by atoms with Gasteiger partial charge in [0.05, 0.1) is 5.69 Å². The summed E-state index contributed by atoms with van der Waals surface area (Å²) in [5.74, 6) is -0.160. The van der Waals surface area contributed by atoms with Gasteiger partial charge >= 0.3 is 0 Å². The normalized spacial score (nSPS) is 19.5. The van der Waals surface area contributed by atoms with Crippen molar-refractivity contribution in [1.29, 1.82) is 0 Å². The molecule has 0 fully saturated rings. The van der Waals surface area contributed by atoms with E-state index in [4.69, 9.17) is 0 Å². The van der Waals surface area contributed by atoms with E-state index in [1.54, 1.807) is 42.5 Å². The van der Waals surface area contributed by atoms with Crippen LogP contribution in [0.2, 0.25) is 0 Å². The molecule has 2 aliphatic rings. The van der Waals surface area contributed by atoms with Crippen LogP contribution < -0.4 is 4.90 Å². The van der Waals surface area contributed by atoms with Crippen LogP contribution in [0, 0.1) is 6.92 Å². The Morgan fingerprint density at radius 1 is 0.839 bits per heavy atom. The number of rotatable bonds is 1. The van der Waals surface area contributed by atoms with Crippen LogP contribution in [0.15, 0.2) is 60.7 Å². The van der Waals surface area contributed by atoms with Gasteiger partial charge in [0.25, 0.3) is 5.91 Å². The summed E-state index contributed by atoms with van der Waals surface area (Å²) in [5, 5.41) is 0. The molecular formula is C27H23NO3. The minimum absolute atomic E-state index is 0.0326. The Bertz CT molecular complexity index is 1270. The number of benzene rings is 3. The van der Waals surface area contributed by atoms with Crippen LogP contribution in [0.1, 0.15) is 79.5 Å². The summed E-state index contributed by atoms with van der Waals surface area (Å²) in [4.78, 5) is 41.5. The molecule has 4 heteroatoms. The molecule has 0 aromatic heterocycles. The van der Waals surface area contributed by atoms with Crippen LogP contribution in [-0.2, 0) is 0 Å². The molecule has 1 amide bonds. The van der Waals surface area contributed by atoms with Crippen LogP contribution in [0.5, 0.6) is 0 Å². The van der Waals surface area contributed by atoms with Crippen molar-refractivity contribution < 1.29 is 14.4 Å². The largest absolute Gasteiger partial charge is 0.305 e. The Hall–Kier alpha value is -3.53. The fourth-order valence-electron chi connectivity index (χ4n) is 5.05. The zero-order valence-corrected chi connectivity index (χ0v) is 17.8. The van der Waals surface area contributed by atoms with Crippen molar-refractivity contribution in [2.75, 3.05) is 4.90 Å². The van der Waals surface area contributed by atoms with Gasteiger partial charge in [-0.05, 0) is 55.5 Å². The van der Waals surface area contributed by atoms with E-state index < -0.39 is 0 Å². The molecule has 3 aromatic rings. The SMILES string of the molecule is Cc1cccc2c1N(C(=O)c1ccc3c(c1)C(=O)c1ccccc1C3=O)C(C)CC2C. The molecule has 2 atom stereocenters. The third-order valence-electron chi connectivity index (χ3n) is 6.57. The van der Waals surface area contributed by atoms with Crippen LogP contribution >= 0.6 is 0 Å². The molecule has 0 saturated heterocycles. The first-order chi connectivity index (χ1) is 14.9. The average Bonchev–Trinajstić information content (AvgIpc) is 2.77. The first-order valence-corrected chi connectivity index (χ1v) is 10.6. The summed E-state index contributed by atoms with van der Waals surface area (Å²) >= 11 is 0. The minimum Gasteiger partial charge on any atom is -0.305 e. The number of nitrogens with zero attached hydrogens (tertiary/aromatic N) is 1. The first kappa shape index (κ1) is 19.4. The van der Waals surface area contributed by atoms with Crippen molar-refractivity contribution in [2.24, 2.45) is 0 Å². The van der Waals surface area contributed by atoms with E-state index in [1.807, 2.05) is 24.0 Å². The van der Waals surface area contributed by atoms with Gasteiger partial charge in [-0.3, -0.25) is 14.4 Å². The molecule has 31 heavy (non-hydrogen) atoms. The number of amides is 1. The van der Waals surface area contributed by atoms with Crippen molar-refractivity contribution in [3.63, 3.8) is 0 Å². The van der Waals surface area contributed by atoms with Gasteiger partial charge in [0.15, 0.2) is 11.6 Å². The van der Waals surface area contributed by atoms with Crippen molar-refractivity contribution in [3.05, 3.63) is 99.6 Å². The van der Waals surface area contributed by atoms with Crippen LogP contribution in [0.25, 0.3) is 0 Å². The number of aryl methyl sites for hydroxylation is 1. The maximum Gasteiger partial charge on any atom is 0.258 e. The van der Waals surface area contributed by atoms with E-state index in [1.165, 1.54) is 5.56 Å². The summed E-state index contributed by atoms with van der Waals surface area (Å²) in [6.07, 6.45) is 0.873. The standard InChI is InChI=1S/C27H23NO3/c1-15-7-6-10-19-16(2)13-17(3)28(24(15)19)27(31)18-11-12-22-23(14-18)26(30)21-9-5-4-8-20(21)25(22)29/h4-12,14,16-17H,13H2,1-3H3. The second kappa shape index (κ2) is 7.02. The van der Waals surface area contributed by atoms with Gasteiger partial charge in [-0.25, -0.2) is 0 Å². The molecule has 0 bridgehead atoms. The lowest BCUT2D eigenvalue weighted by Gasteiger charge is -2.39. The molecule has 0 spiro atoms. The monoisotopic (exact) mass is 409 g/mol. The van der Waals surface area contributed by atoms with Gasteiger partial charge in [0, 0.05) is 33.9 Å². The average molecular weight is 409 g/mol. The number of anilines is 1. The number of fused-ring (bicyclic) bond motifs is 3. The predicted octanol–water partition coefficient (Wildman–Crippen LogP) is 5.31. The van der Waals surface area contributed by atoms with E-state index >= 15 is 0 Å². The molecule has 1 aliphatic heterocycles. The fourth-order valence-corrected chi connectivity index (χ4v) is 5.05. The van der Waals surface area contributed by atoms with Gasteiger partial charge in [0.2, 0.25) is 0 Å². The molecule has 0 N–H and O–H groups in total. The highest BCUT2D eigenvalue weighted by atomic mass is 16.2. The smallest absolute Gasteiger partial charge is 0.258 e. The van der Waals surface area contributed by atoms with Crippen molar-refractivity contribution in [3.8, 4) is 0 Å². The summed E-state index contributed by atoms with van der Waals surface area (Å²) in [7, 11) is 0.